The summed E-state index contributed by atoms with van der Waals surface area (Å²) in [5.74, 6) is 0. The molecule has 1 aliphatic rings. The molecular formula is C9H18FN. The SMILES string of the molecule is CC(C)(C)CC1C[C@H](F)CN1. The van der Waals surface area contributed by atoms with Crippen molar-refractivity contribution in [2.75, 3.05) is 6.54 Å². The van der Waals surface area contributed by atoms with Gasteiger partial charge in [0.2, 0.25) is 0 Å². The number of nitrogens with one attached hydrogen (secondary N) is 1. The molecule has 1 rings (SSSR count). The van der Waals surface area contributed by atoms with Gasteiger partial charge in [0.05, 0.1) is 0 Å². The van der Waals surface area contributed by atoms with E-state index < -0.39 is 6.17 Å². The molecule has 66 valence electrons. The highest BCUT2D eigenvalue weighted by molar-refractivity contribution is 4.84. The van der Waals surface area contributed by atoms with E-state index in [1.165, 1.54) is 0 Å². The standard InChI is InChI=1S/C9H18FN/c1-9(2,3)5-8-4-7(10)6-11-8/h7-8,11H,4-6H2,1-3H3/t7-,8?/m0/s1. The van der Waals surface area contributed by atoms with Crippen LogP contribution in [0.15, 0.2) is 0 Å². The Morgan fingerprint density at radius 1 is 1.45 bits per heavy atom. The third-order valence-corrected chi connectivity index (χ3v) is 2.03. The van der Waals surface area contributed by atoms with Gasteiger partial charge in [0.25, 0.3) is 0 Å². The monoisotopic (exact) mass is 159 g/mol. The number of rotatable bonds is 1. The highest BCUT2D eigenvalue weighted by atomic mass is 19.1. The Morgan fingerprint density at radius 2 is 2.09 bits per heavy atom. The van der Waals surface area contributed by atoms with Crippen molar-refractivity contribution in [3.8, 4) is 0 Å². The zero-order valence-corrected chi connectivity index (χ0v) is 7.65. The van der Waals surface area contributed by atoms with E-state index in [1.54, 1.807) is 0 Å². The molecule has 1 heterocycles. The lowest BCUT2D eigenvalue weighted by Crippen LogP contribution is -2.26. The van der Waals surface area contributed by atoms with Crippen LogP contribution in [0.3, 0.4) is 0 Å². The van der Waals surface area contributed by atoms with Crippen molar-refractivity contribution >= 4 is 0 Å². The van der Waals surface area contributed by atoms with Crippen molar-refractivity contribution in [3.05, 3.63) is 0 Å². The number of hydrogen-bond acceptors (Lipinski definition) is 1. The van der Waals surface area contributed by atoms with E-state index in [-0.39, 0.29) is 0 Å². The Bertz CT molecular complexity index is 128. The third kappa shape index (κ3) is 3.19. The van der Waals surface area contributed by atoms with Crippen LogP contribution in [0.5, 0.6) is 0 Å². The van der Waals surface area contributed by atoms with Crippen LogP contribution in [-0.4, -0.2) is 18.8 Å². The van der Waals surface area contributed by atoms with Crippen LogP contribution >= 0.6 is 0 Å². The molecule has 2 heteroatoms. The molecule has 0 bridgehead atoms. The Kier molecular flexibility index (Phi) is 2.53. The minimum atomic E-state index is -0.609. The minimum absolute atomic E-state index is 0.321. The lowest BCUT2D eigenvalue weighted by molar-refractivity contribution is 0.308. The normalized spacial score (nSPS) is 32.7. The van der Waals surface area contributed by atoms with Crippen LogP contribution in [0, 0.1) is 5.41 Å². The predicted molar refractivity (Wildman–Crippen MR) is 45.4 cm³/mol. The van der Waals surface area contributed by atoms with Crippen LogP contribution in [-0.2, 0) is 0 Å². The third-order valence-electron chi connectivity index (χ3n) is 2.03. The Hall–Kier alpha value is -0.110. The molecule has 2 atom stereocenters. The van der Waals surface area contributed by atoms with E-state index >= 15 is 0 Å². The molecule has 1 aliphatic heterocycles. The Labute approximate surface area is 68.4 Å². The van der Waals surface area contributed by atoms with E-state index in [0.717, 1.165) is 6.42 Å². The first-order valence-corrected chi connectivity index (χ1v) is 4.35. The maximum atomic E-state index is 12.7. The summed E-state index contributed by atoms with van der Waals surface area (Å²) >= 11 is 0. The average molecular weight is 159 g/mol. The zero-order valence-electron chi connectivity index (χ0n) is 7.65. The van der Waals surface area contributed by atoms with Crippen molar-refractivity contribution in [1.29, 1.82) is 0 Å². The fourth-order valence-corrected chi connectivity index (χ4v) is 1.66. The van der Waals surface area contributed by atoms with Gasteiger partial charge in [0.15, 0.2) is 0 Å². The van der Waals surface area contributed by atoms with Gasteiger partial charge in [-0.3, -0.25) is 0 Å². The molecule has 0 aromatic rings. The lowest BCUT2D eigenvalue weighted by Gasteiger charge is -2.22. The molecule has 0 saturated carbocycles. The molecule has 0 aromatic heterocycles. The predicted octanol–water partition coefficient (Wildman–Crippen LogP) is 2.12. The van der Waals surface area contributed by atoms with Gasteiger partial charge in [0, 0.05) is 12.6 Å². The summed E-state index contributed by atoms with van der Waals surface area (Å²) in [5, 5.41) is 3.19. The van der Waals surface area contributed by atoms with Gasteiger partial charge in [-0.1, -0.05) is 20.8 Å². The van der Waals surface area contributed by atoms with Crippen molar-refractivity contribution in [2.45, 2.75) is 45.8 Å². The van der Waals surface area contributed by atoms with Gasteiger partial charge < -0.3 is 5.32 Å². The lowest BCUT2D eigenvalue weighted by atomic mass is 9.87. The van der Waals surface area contributed by atoms with Crippen molar-refractivity contribution in [1.82, 2.24) is 5.32 Å². The second kappa shape index (κ2) is 3.10. The van der Waals surface area contributed by atoms with E-state index in [9.17, 15) is 4.39 Å². The molecule has 0 amide bonds. The highest BCUT2D eigenvalue weighted by Gasteiger charge is 2.26. The first-order valence-electron chi connectivity index (χ1n) is 4.35. The molecule has 1 unspecified atom stereocenters. The summed E-state index contributed by atoms with van der Waals surface area (Å²) in [7, 11) is 0. The smallest absolute Gasteiger partial charge is 0.114 e. The van der Waals surface area contributed by atoms with Gasteiger partial charge >= 0.3 is 0 Å². The van der Waals surface area contributed by atoms with Gasteiger partial charge in [-0.25, -0.2) is 4.39 Å². The van der Waals surface area contributed by atoms with E-state index in [2.05, 4.69) is 26.1 Å². The van der Waals surface area contributed by atoms with Gasteiger partial charge in [-0.2, -0.15) is 0 Å². The fraction of sp³-hybridized carbons (Fsp3) is 1.00. The summed E-state index contributed by atoms with van der Waals surface area (Å²) in [6, 6.07) is 0.407. The first-order chi connectivity index (χ1) is 4.97. The first kappa shape index (κ1) is 8.98. The number of halogens is 1. The molecule has 0 aliphatic carbocycles. The summed E-state index contributed by atoms with van der Waals surface area (Å²) in [4.78, 5) is 0. The Morgan fingerprint density at radius 3 is 2.45 bits per heavy atom. The summed E-state index contributed by atoms with van der Waals surface area (Å²) < 4.78 is 12.7. The molecule has 11 heavy (non-hydrogen) atoms. The number of alkyl halides is 1. The second-order valence-corrected chi connectivity index (χ2v) is 4.70. The van der Waals surface area contributed by atoms with Crippen LogP contribution in [0.4, 0.5) is 4.39 Å². The quantitative estimate of drug-likeness (QED) is 0.618. The maximum Gasteiger partial charge on any atom is 0.114 e. The fourth-order valence-electron chi connectivity index (χ4n) is 1.66. The molecule has 1 N–H and O–H groups in total. The summed E-state index contributed by atoms with van der Waals surface area (Å²) in [6.07, 6.45) is 1.17. The molecule has 0 aromatic carbocycles. The van der Waals surface area contributed by atoms with Crippen LogP contribution in [0.1, 0.15) is 33.6 Å². The summed E-state index contributed by atoms with van der Waals surface area (Å²) in [6.45, 7) is 7.14. The highest BCUT2D eigenvalue weighted by Crippen LogP contribution is 2.25. The minimum Gasteiger partial charge on any atom is -0.311 e. The van der Waals surface area contributed by atoms with Gasteiger partial charge in [0.1, 0.15) is 6.17 Å². The van der Waals surface area contributed by atoms with Crippen molar-refractivity contribution < 1.29 is 4.39 Å². The molecule has 1 saturated heterocycles. The number of hydrogen-bond donors (Lipinski definition) is 1. The molecule has 1 nitrogen and oxygen atoms in total. The topological polar surface area (TPSA) is 12.0 Å². The maximum absolute atomic E-state index is 12.7. The Balaban J connectivity index is 2.29. The van der Waals surface area contributed by atoms with Gasteiger partial charge in [-0.15, -0.1) is 0 Å². The molecule has 1 fully saturated rings. The second-order valence-electron chi connectivity index (χ2n) is 4.70. The average Bonchev–Trinajstić information content (AvgIpc) is 2.10. The molecule has 0 radical (unpaired) electrons. The van der Waals surface area contributed by atoms with Crippen LogP contribution < -0.4 is 5.32 Å². The largest absolute Gasteiger partial charge is 0.311 e. The van der Waals surface area contributed by atoms with E-state index in [4.69, 9.17) is 0 Å². The molecule has 0 spiro atoms. The zero-order chi connectivity index (χ0) is 8.48. The van der Waals surface area contributed by atoms with Crippen LogP contribution in [0.25, 0.3) is 0 Å². The summed E-state index contributed by atoms with van der Waals surface area (Å²) in [5.41, 5.74) is 0.321. The van der Waals surface area contributed by atoms with Crippen molar-refractivity contribution in [2.24, 2.45) is 5.41 Å². The van der Waals surface area contributed by atoms with E-state index in [1.807, 2.05) is 0 Å². The van der Waals surface area contributed by atoms with Crippen molar-refractivity contribution in [3.63, 3.8) is 0 Å². The van der Waals surface area contributed by atoms with Gasteiger partial charge in [-0.05, 0) is 18.3 Å². The van der Waals surface area contributed by atoms with E-state index in [0.29, 0.717) is 24.4 Å². The van der Waals surface area contributed by atoms with Crippen LogP contribution in [0.2, 0.25) is 0 Å². The molecular weight excluding hydrogens is 141 g/mol.